The summed E-state index contributed by atoms with van der Waals surface area (Å²) in [5.74, 6) is 0.763. The number of nitrogens with two attached hydrogens (primary N) is 1. The summed E-state index contributed by atoms with van der Waals surface area (Å²) in [6, 6.07) is 9.30. The van der Waals surface area contributed by atoms with Gasteiger partial charge in [0.25, 0.3) is 0 Å². The zero-order valence-corrected chi connectivity index (χ0v) is 59.1. The number of ether oxygens (including phenoxy) is 2. The van der Waals surface area contributed by atoms with Crippen LogP contribution in [0.3, 0.4) is 0 Å². The zero-order valence-electron chi connectivity index (χ0n) is 58.3. The Bertz CT molecular complexity index is 3280. The number of nitrogens with zero attached hydrogens (tertiary/aromatic N) is 5. The van der Waals surface area contributed by atoms with E-state index in [0.29, 0.717) is 61.0 Å². The highest BCUT2D eigenvalue weighted by Gasteiger charge is 2.43. The largest absolute Gasteiger partial charge is 0.378 e. The third kappa shape index (κ3) is 24.7. The second-order valence-electron chi connectivity index (χ2n) is 25.7. The van der Waals surface area contributed by atoms with Crippen LogP contribution in [-0.4, -0.2) is 196 Å². The van der Waals surface area contributed by atoms with Crippen molar-refractivity contribution in [3.8, 4) is 11.8 Å². The van der Waals surface area contributed by atoms with Crippen LogP contribution in [0.15, 0.2) is 84.3 Å². The summed E-state index contributed by atoms with van der Waals surface area (Å²) in [7, 11) is 4.69. The molecule has 0 saturated carbocycles. The third-order valence-electron chi connectivity index (χ3n) is 16.9. The molecule has 26 nitrogen and oxygen atoms in total. The Morgan fingerprint density at radius 2 is 1.38 bits per heavy atom. The van der Waals surface area contributed by atoms with E-state index in [1.807, 2.05) is 83.9 Å². The smallest absolute Gasteiger partial charge is 0.312 e. The maximum Gasteiger partial charge on any atom is 0.312 e. The topological polar surface area (TPSA) is 352 Å². The fourth-order valence-electron chi connectivity index (χ4n) is 11.7. The standard InChI is InChI=1S/C69H103N13O13S/c1-16-45(8)60(81(12)67(90)58(43(4)5)79-66(89)59(44(6)7)80(10)11)54(94-13)38-56(84)82-36-24-29-53(82)61(95-14)46(9)62(85)77-52(37-47-25-19-17-20-26-47)63(86)72-39-48-31-33-50(34-32-48)75-64(87)51(28-23-35-71-68(70)91)76-65(88)57(42(2)3)78-55(83)30-22-18-21-27-49-40-73-69(74-41-49)96(15,92)93/h17,19-20,25-26,31-34,40-44,46,51-54,57-61H,8,16,18,22-24,28-30,35-39H2,1-7,9-15H3,(H,72,86)(H,75,87)(H,76,88)(H,77,85)(H,78,83)(H,79,89)(H3,70,71,91)/t46-,51+,52+,53+,54-,57+,58+,59+,60+,61-/m1/s1. The lowest BCUT2D eigenvalue weighted by Gasteiger charge is -2.39. The van der Waals surface area contributed by atoms with Crippen molar-refractivity contribution in [2.24, 2.45) is 29.4 Å². The van der Waals surface area contributed by atoms with Gasteiger partial charge in [-0.1, -0.05) is 122 Å². The maximum atomic E-state index is 14.6. The first kappa shape index (κ1) is 80.1. The number of carbonyl (C=O) groups excluding carboxylic acids is 9. The predicted molar refractivity (Wildman–Crippen MR) is 366 cm³/mol. The number of hydrogen-bond acceptors (Lipinski definition) is 16. The number of nitrogens with one attached hydrogen (secondary N) is 7. The van der Waals surface area contributed by atoms with Gasteiger partial charge in [0.1, 0.15) is 24.2 Å². The molecule has 0 aliphatic carbocycles. The highest BCUT2D eigenvalue weighted by molar-refractivity contribution is 7.90. The van der Waals surface area contributed by atoms with Crippen molar-refractivity contribution in [3.05, 3.63) is 95.8 Å². The first-order valence-electron chi connectivity index (χ1n) is 32.8. The van der Waals surface area contributed by atoms with Crippen molar-refractivity contribution >= 4 is 68.8 Å². The van der Waals surface area contributed by atoms with Crippen LogP contribution in [-0.2, 0) is 70.6 Å². The number of aromatic nitrogens is 2. The van der Waals surface area contributed by atoms with Crippen LogP contribution in [0, 0.1) is 35.5 Å². The van der Waals surface area contributed by atoms with Gasteiger partial charge >= 0.3 is 6.03 Å². The molecule has 0 spiro atoms. The summed E-state index contributed by atoms with van der Waals surface area (Å²) in [4.78, 5) is 136. The highest BCUT2D eigenvalue weighted by Crippen LogP contribution is 2.30. The van der Waals surface area contributed by atoms with Crippen LogP contribution in [0.2, 0.25) is 0 Å². The molecule has 27 heteroatoms. The Hall–Kier alpha value is -8.32. The molecule has 1 fully saturated rings. The van der Waals surface area contributed by atoms with Gasteiger partial charge in [-0.05, 0) is 93.6 Å². The highest BCUT2D eigenvalue weighted by atomic mass is 32.2. The molecule has 1 aliphatic heterocycles. The molecule has 1 saturated heterocycles. The third-order valence-corrected chi connectivity index (χ3v) is 17.8. The minimum atomic E-state index is -3.56. The van der Waals surface area contributed by atoms with E-state index in [4.69, 9.17) is 15.2 Å². The number of anilines is 1. The zero-order chi connectivity index (χ0) is 71.6. The van der Waals surface area contributed by atoms with Gasteiger partial charge in [0.15, 0.2) is 0 Å². The average molecular weight is 1350 g/mol. The van der Waals surface area contributed by atoms with E-state index in [2.05, 4.69) is 65.6 Å². The first-order valence-corrected chi connectivity index (χ1v) is 34.6. The van der Waals surface area contributed by atoms with E-state index < -0.39 is 106 Å². The normalized spacial score (nSPS) is 15.9. The molecular weight excluding hydrogens is 1250 g/mol. The average Bonchev–Trinajstić information content (AvgIpc) is 1.47. The minimum Gasteiger partial charge on any atom is -0.378 e. The van der Waals surface area contributed by atoms with Gasteiger partial charge < -0.3 is 62.2 Å². The lowest BCUT2D eigenvalue weighted by molar-refractivity contribution is -0.145. The van der Waals surface area contributed by atoms with Gasteiger partial charge in [0.2, 0.25) is 62.3 Å². The van der Waals surface area contributed by atoms with Gasteiger partial charge in [-0.25, -0.2) is 23.2 Å². The van der Waals surface area contributed by atoms with E-state index in [0.717, 1.165) is 11.8 Å². The van der Waals surface area contributed by atoms with Gasteiger partial charge in [0.05, 0.1) is 48.2 Å². The van der Waals surface area contributed by atoms with Gasteiger partial charge in [-0.15, -0.1) is 0 Å². The molecule has 528 valence electrons. The van der Waals surface area contributed by atoms with Crippen LogP contribution >= 0.6 is 0 Å². The number of unbranched alkanes of at least 4 members (excludes halogenated alkanes) is 1. The monoisotopic (exact) mass is 1350 g/mol. The first-order chi connectivity index (χ1) is 45.3. The molecule has 0 radical (unpaired) electrons. The molecule has 1 aliphatic rings. The van der Waals surface area contributed by atoms with Crippen LogP contribution in [0.25, 0.3) is 0 Å². The van der Waals surface area contributed by atoms with Crippen LogP contribution in [0.5, 0.6) is 0 Å². The molecular formula is C69H103N13O13S. The minimum absolute atomic E-state index is 0.0216. The number of rotatable bonds is 37. The molecule has 10 amide bonds. The van der Waals surface area contributed by atoms with Crippen molar-refractivity contribution in [1.29, 1.82) is 0 Å². The van der Waals surface area contributed by atoms with E-state index in [1.165, 1.54) is 31.5 Å². The number of carbonyl (C=O) groups is 9. The molecule has 3 aromatic rings. The van der Waals surface area contributed by atoms with Gasteiger partial charge in [-0.3, -0.25) is 43.3 Å². The Kier molecular flexibility index (Phi) is 32.6. The van der Waals surface area contributed by atoms with Crippen LogP contribution in [0.4, 0.5) is 10.5 Å². The summed E-state index contributed by atoms with van der Waals surface area (Å²) in [5.41, 5.74) is 8.12. The molecule has 10 atom stereocenters. The molecule has 9 N–H and O–H groups in total. The SMILES string of the molecule is C=C(CC)[C@@H]([C@@H](CC(=O)N1CCC[C@H]1[C@H](OC)[C@@H](C)C(=O)N[C@@H](Cc1ccccc1)C(=O)NCc1ccc(NC(=O)[C@H](CCCNC(N)=O)NC(=O)[C@@H](NC(=O)CCCC#Cc2cnc(S(C)(=O)=O)nc2)C(C)C)cc1)OC)N(C)C(=O)[C@@H](NC(=O)[C@H](C(C)C)N(C)C)C(C)C. The second kappa shape index (κ2) is 39.0. The lowest BCUT2D eigenvalue weighted by Crippen LogP contribution is -2.59. The number of sulfone groups is 1. The number of benzene rings is 2. The van der Waals surface area contributed by atoms with Crippen molar-refractivity contribution in [1.82, 2.24) is 56.6 Å². The van der Waals surface area contributed by atoms with Crippen LogP contribution < -0.4 is 43.0 Å². The van der Waals surface area contributed by atoms with Crippen molar-refractivity contribution < 1.29 is 61.0 Å². The van der Waals surface area contributed by atoms with Crippen molar-refractivity contribution in [2.75, 3.05) is 60.0 Å². The Morgan fingerprint density at radius 3 is 1.94 bits per heavy atom. The van der Waals surface area contributed by atoms with E-state index in [9.17, 15) is 51.6 Å². The summed E-state index contributed by atoms with van der Waals surface area (Å²) < 4.78 is 35.4. The number of likely N-dealkylation sites (tertiary alicyclic amines) is 1. The molecule has 96 heavy (non-hydrogen) atoms. The number of likely N-dealkylation sites (N-methyl/N-ethyl adjacent to an activating group) is 2. The van der Waals surface area contributed by atoms with Gasteiger partial charge in [0, 0.05) is 84.5 Å². The fourth-order valence-corrected chi connectivity index (χ4v) is 12.1. The van der Waals surface area contributed by atoms with E-state index in [-0.39, 0.29) is 85.8 Å². The van der Waals surface area contributed by atoms with Gasteiger partial charge in [-0.2, -0.15) is 0 Å². The molecule has 2 heterocycles. The van der Waals surface area contributed by atoms with E-state index >= 15 is 0 Å². The predicted octanol–water partition coefficient (Wildman–Crippen LogP) is 4.03. The number of primary amides is 1. The maximum absolute atomic E-state index is 14.6. The second-order valence-corrected chi connectivity index (χ2v) is 27.6. The number of amides is 10. The Morgan fingerprint density at radius 1 is 0.740 bits per heavy atom. The molecule has 0 unspecified atom stereocenters. The number of hydrogen-bond donors (Lipinski definition) is 8. The molecule has 1 aromatic heterocycles. The van der Waals surface area contributed by atoms with Crippen molar-refractivity contribution in [3.63, 3.8) is 0 Å². The summed E-state index contributed by atoms with van der Waals surface area (Å²) in [6.07, 6.45) is 4.66. The molecule has 0 bridgehead atoms. The van der Waals surface area contributed by atoms with Crippen molar-refractivity contribution in [2.45, 2.75) is 186 Å². The lowest BCUT2D eigenvalue weighted by atomic mass is 9.92. The quantitative estimate of drug-likeness (QED) is 0.0175. The number of urea groups is 1. The van der Waals surface area contributed by atoms with Crippen LogP contribution in [0.1, 0.15) is 130 Å². The number of methoxy groups -OCH3 is 2. The summed E-state index contributed by atoms with van der Waals surface area (Å²) in [5, 5.41) is 19.4. The Balaban J connectivity index is 1.43. The Labute approximate surface area is 566 Å². The molecule has 2 aromatic carbocycles. The van der Waals surface area contributed by atoms with E-state index in [1.54, 1.807) is 57.0 Å². The fraction of sp³-hybridized carbons (Fsp3) is 0.580. The summed E-state index contributed by atoms with van der Waals surface area (Å²) >= 11 is 0. The summed E-state index contributed by atoms with van der Waals surface area (Å²) in [6.45, 7) is 19.6. The molecule has 4 rings (SSSR count).